The largest absolute Gasteiger partial charge is 2.00 e. The fraction of sp³-hybridized carbons (Fsp3) is 0. The second kappa shape index (κ2) is 6.46. The SMILES string of the molecule is [C-]1=CC=C1.[Co+2].c1cc[cH-]c1. The zero-order valence-electron chi connectivity index (χ0n) is 5.45. The Bertz CT molecular complexity index is 147. The summed E-state index contributed by atoms with van der Waals surface area (Å²) in [6, 6.07) is 10.0. The smallest absolute Gasteiger partial charge is 0.214 e. The molecule has 0 saturated carbocycles. The average Bonchev–Trinajstić information content (AvgIpc) is 2.07. The minimum atomic E-state index is 0. The van der Waals surface area contributed by atoms with E-state index < -0.39 is 0 Å². The molecule has 0 fully saturated rings. The Labute approximate surface area is 71.8 Å². The Kier molecular flexibility index (Phi) is 6.03. The minimum Gasteiger partial charge on any atom is -0.214 e. The molecule has 0 unspecified atom stereocenters. The summed E-state index contributed by atoms with van der Waals surface area (Å²) >= 11 is 0. The summed E-state index contributed by atoms with van der Waals surface area (Å²) in [6.07, 6.45) is 8.50. The van der Waals surface area contributed by atoms with Crippen LogP contribution in [0.3, 0.4) is 0 Å². The van der Waals surface area contributed by atoms with Gasteiger partial charge in [0, 0.05) is 0 Å². The summed E-state index contributed by atoms with van der Waals surface area (Å²) in [4.78, 5) is 0. The summed E-state index contributed by atoms with van der Waals surface area (Å²) in [5, 5.41) is 0. The molecule has 53 valence electrons. The maximum absolute atomic E-state index is 2.81. The van der Waals surface area contributed by atoms with E-state index in [1.54, 1.807) is 0 Å². The molecule has 1 aliphatic carbocycles. The molecule has 10 heavy (non-hydrogen) atoms. The summed E-state index contributed by atoms with van der Waals surface area (Å²) in [5.74, 6) is 0. The molecule has 1 radical (unpaired) electrons. The van der Waals surface area contributed by atoms with Crippen molar-refractivity contribution >= 4 is 0 Å². The van der Waals surface area contributed by atoms with Crippen LogP contribution in [0.15, 0.2) is 48.6 Å². The van der Waals surface area contributed by atoms with Crippen molar-refractivity contribution < 1.29 is 16.8 Å². The quantitative estimate of drug-likeness (QED) is 0.531. The molecule has 1 heteroatoms. The first-order valence-electron chi connectivity index (χ1n) is 2.91. The van der Waals surface area contributed by atoms with Crippen molar-refractivity contribution in [3.8, 4) is 0 Å². The zero-order valence-corrected chi connectivity index (χ0v) is 6.49. The van der Waals surface area contributed by atoms with Gasteiger partial charge in [-0.1, -0.05) is 0 Å². The van der Waals surface area contributed by atoms with E-state index in [0.717, 1.165) is 0 Å². The molecule has 0 atom stereocenters. The predicted octanol–water partition coefficient (Wildman–Crippen LogP) is 2.32. The van der Waals surface area contributed by atoms with Gasteiger partial charge in [-0.05, 0) is 0 Å². The van der Waals surface area contributed by atoms with Gasteiger partial charge >= 0.3 is 16.8 Å². The Balaban J connectivity index is 0.000000150. The molecular weight excluding hydrogens is 167 g/mol. The topological polar surface area (TPSA) is 0 Å². The summed E-state index contributed by atoms with van der Waals surface area (Å²) in [5.41, 5.74) is 0. The van der Waals surface area contributed by atoms with E-state index in [4.69, 9.17) is 0 Å². The number of allylic oxidation sites excluding steroid dienone is 4. The normalized spacial score (nSPS) is 10.4. The van der Waals surface area contributed by atoms with Gasteiger partial charge in [-0.3, -0.25) is 0 Å². The molecule has 0 spiro atoms. The van der Waals surface area contributed by atoms with Crippen LogP contribution in [0.25, 0.3) is 0 Å². The van der Waals surface area contributed by atoms with Crippen molar-refractivity contribution in [1.82, 2.24) is 0 Å². The first-order valence-corrected chi connectivity index (χ1v) is 2.91. The molecule has 0 amide bonds. The van der Waals surface area contributed by atoms with Crippen LogP contribution in [-0.4, -0.2) is 0 Å². The van der Waals surface area contributed by atoms with Gasteiger partial charge in [-0.25, -0.2) is 12.1 Å². The first kappa shape index (κ1) is 9.34. The van der Waals surface area contributed by atoms with Crippen LogP contribution < -0.4 is 0 Å². The van der Waals surface area contributed by atoms with Crippen LogP contribution in [0.5, 0.6) is 0 Å². The molecule has 1 aliphatic rings. The number of hydrogen-bond acceptors (Lipinski definition) is 0. The second-order valence-corrected chi connectivity index (χ2v) is 1.65. The molecule has 0 N–H and O–H groups in total. The van der Waals surface area contributed by atoms with Crippen molar-refractivity contribution in [2.45, 2.75) is 0 Å². The number of hydrogen-bond donors (Lipinski definition) is 0. The number of rotatable bonds is 0. The summed E-state index contributed by atoms with van der Waals surface area (Å²) in [7, 11) is 0. The van der Waals surface area contributed by atoms with Crippen LogP contribution >= 0.6 is 0 Å². The van der Waals surface area contributed by atoms with Gasteiger partial charge in [0.15, 0.2) is 0 Å². The summed E-state index contributed by atoms with van der Waals surface area (Å²) in [6.45, 7) is 0. The predicted molar refractivity (Wildman–Crippen MR) is 39.0 cm³/mol. The van der Waals surface area contributed by atoms with Gasteiger partial charge in [-0.15, -0.1) is 0 Å². The van der Waals surface area contributed by atoms with Crippen molar-refractivity contribution in [2.24, 2.45) is 0 Å². The maximum Gasteiger partial charge on any atom is 2.00 e. The molecular formula is C9H8Co. The van der Waals surface area contributed by atoms with Gasteiger partial charge < -0.3 is 0 Å². The molecule has 0 heterocycles. The fourth-order valence-electron chi connectivity index (χ4n) is 0.417. The van der Waals surface area contributed by atoms with Gasteiger partial charge in [-0.2, -0.15) is 42.5 Å². The molecule has 0 aromatic heterocycles. The molecule has 0 bridgehead atoms. The van der Waals surface area contributed by atoms with Crippen LogP contribution in [0.1, 0.15) is 0 Å². The first-order chi connectivity index (χ1) is 4.50. The third kappa shape index (κ3) is 4.24. The monoisotopic (exact) mass is 175 g/mol. The van der Waals surface area contributed by atoms with Gasteiger partial charge in [0.05, 0.1) is 0 Å². The molecule has 0 nitrogen and oxygen atoms in total. The van der Waals surface area contributed by atoms with E-state index in [-0.39, 0.29) is 16.8 Å². The molecule has 0 aliphatic heterocycles. The zero-order chi connectivity index (χ0) is 6.36. The fourth-order valence-corrected chi connectivity index (χ4v) is 0.417. The average molecular weight is 175 g/mol. The van der Waals surface area contributed by atoms with Gasteiger partial charge in [0.25, 0.3) is 0 Å². The van der Waals surface area contributed by atoms with E-state index >= 15 is 0 Å². The Morgan fingerprint density at radius 1 is 1.10 bits per heavy atom. The van der Waals surface area contributed by atoms with Crippen molar-refractivity contribution in [1.29, 1.82) is 0 Å². The minimum absolute atomic E-state index is 0. The van der Waals surface area contributed by atoms with E-state index in [9.17, 15) is 0 Å². The van der Waals surface area contributed by atoms with E-state index in [1.807, 2.05) is 48.6 Å². The molecule has 1 aromatic carbocycles. The van der Waals surface area contributed by atoms with E-state index in [1.165, 1.54) is 0 Å². The molecule has 0 saturated heterocycles. The van der Waals surface area contributed by atoms with Crippen LogP contribution in [0, 0.1) is 6.08 Å². The van der Waals surface area contributed by atoms with Crippen LogP contribution in [0.2, 0.25) is 0 Å². The van der Waals surface area contributed by atoms with Gasteiger partial charge in [0.2, 0.25) is 0 Å². The summed E-state index contributed by atoms with van der Waals surface area (Å²) < 4.78 is 0. The molecule has 2 rings (SSSR count). The maximum atomic E-state index is 2.81. The Morgan fingerprint density at radius 2 is 1.50 bits per heavy atom. The van der Waals surface area contributed by atoms with Crippen molar-refractivity contribution in [3.05, 3.63) is 54.6 Å². The second-order valence-electron chi connectivity index (χ2n) is 1.65. The third-order valence-corrected chi connectivity index (χ3v) is 0.940. The Morgan fingerprint density at radius 3 is 1.60 bits per heavy atom. The Hall–Kier alpha value is -0.664. The van der Waals surface area contributed by atoms with Gasteiger partial charge in [0.1, 0.15) is 0 Å². The van der Waals surface area contributed by atoms with Crippen molar-refractivity contribution in [2.75, 3.05) is 0 Å². The van der Waals surface area contributed by atoms with E-state index in [0.29, 0.717) is 0 Å². The van der Waals surface area contributed by atoms with Crippen molar-refractivity contribution in [3.63, 3.8) is 0 Å². The van der Waals surface area contributed by atoms with Crippen LogP contribution in [-0.2, 0) is 16.8 Å². The molecule has 1 aromatic rings. The van der Waals surface area contributed by atoms with E-state index in [2.05, 4.69) is 6.08 Å². The standard InChI is InChI=1S/C5H5.C4H3.Co/c1-2-4-5-3-1;1-2-4-3-1;/h1-5H;1-3H;/q2*-1;+2. The van der Waals surface area contributed by atoms with Crippen LogP contribution in [0.4, 0.5) is 0 Å². The third-order valence-electron chi connectivity index (χ3n) is 0.940.